The van der Waals surface area contributed by atoms with Gasteiger partial charge in [-0.15, -0.1) is 0 Å². The van der Waals surface area contributed by atoms with E-state index in [0.717, 1.165) is 23.1 Å². The second-order valence-corrected chi connectivity index (χ2v) is 8.26. The Morgan fingerprint density at radius 3 is 2.55 bits per heavy atom. The number of nitrogens with zero attached hydrogens (tertiary/aromatic N) is 1. The molecule has 0 aliphatic carbocycles. The Hall–Kier alpha value is -3.06. The van der Waals surface area contributed by atoms with Gasteiger partial charge in [0.1, 0.15) is 0 Å². The number of benzene rings is 2. The molecule has 0 radical (unpaired) electrons. The highest BCUT2D eigenvalue weighted by Gasteiger charge is 2.46. The largest absolute Gasteiger partial charge is 0.490 e. The van der Waals surface area contributed by atoms with E-state index in [0.29, 0.717) is 56.4 Å². The first-order valence-electron chi connectivity index (χ1n) is 11.7. The predicted molar refractivity (Wildman–Crippen MR) is 125 cm³/mol. The molecule has 176 valence electrons. The Morgan fingerprint density at radius 2 is 1.82 bits per heavy atom. The molecule has 2 amide bonds. The number of ether oxygens (including phenoxy) is 3. The molecule has 0 bridgehead atoms. The average Bonchev–Trinajstić information content (AvgIpc) is 2.82. The second kappa shape index (κ2) is 10.3. The smallest absolute Gasteiger partial charge is 0.254 e. The molecule has 2 aliphatic rings. The molecule has 0 aromatic heterocycles. The van der Waals surface area contributed by atoms with Gasteiger partial charge in [-0.1, -0.05) is 18.2 Å². The van der Waals surface area contributed by atoms with Gasteiger partial charge in [0.2, 0.25) is 5.91 Å². The third kappa shape index (κ3) is 4.42. The molecule has 7 nitrogen and oxygen atoms in total. The minimum atomic E-state index is -0.507. The maximum absolute atomic E-state index is 13.5. The molecular formula is C26H32N2O5. The summed E-state index contributed by atoms with van der Waals surface area (Å²) in [5.41, 5.74) is 3.42. The number of nitrogens with one attached hydrogen (secondary N) is 1. The molecule has 2 atom stereocenters. The van der Waals surface area contributed by atoms with Crippen LogP contribution in [0.15, 0.2) is 36.4 Å². The number of hydrogen-bond acceptors (Lipinski definition) is 5. The van der Waals surface area contributed by atoms with Crippen molar-refractivity contribution >= 4 is 11.8 Å². The van der Waals surface area contributed by atoms with Crippen LogP contribution in [0.3, 0.4) is 0 Å². The fraction of sp³-hybridized carbons (Fsp3) is 0.462. The number of carbonyl (C=O) groups excluding carboxylic acids is 2. The number of methoxy groups -OCH3 is 1. The molecule has 0 fully saturated rings. The van der Waals surface area contributed by atoms with Crippen molar-refractivity contribution in [2.75, 3.05) is 40.0 Å². The summed E-state index contributed by atoms with van der Waals surface area (Å²) < 4.78 is 16.8. The van der Waals surface area contributed by atoms with Crippen molar-refractivity contribution in [2.45, 2.75) is 38.6 Å². The van der Waals surface area contributed by atoms with Gasteiger partial charge in [-0.3, -0.25) is 9.59 Å². The molecule has 0 saturated heterocycles. The maximum Gasteiger partial charge on any atom is 0.254 e. The number of fused-ring (bicyclic) bond motifs is 4. The lowest BCUT2D eigenvalue weighted by molar-refractivity contribution is -0.124. The molecular weight excluding hydrogens is 420 g/mol. The van der Waals surface area contributed by atoms with E-state index in [-0.39, 0.29) is 11.8 Å². The van der Waals surface area contributed by atoms with Crippen molar-refractivity contribution in [3.63, 3.8) is 0 Å². The van der Waals surface area contributed by atoms with E-state index in [2.05, 4.69) is 5.32 Å². The van der Waals surface area contributed by atoms with Gasteiger partial charge in [0.15, 0.2) is 11.5 Å². The molecule has 2 heterocycles. The summed E-state index contributed by atoms with van der Waals surface area (Å²) in [6.07, 6.45) is 1.43. The van der Waals surface area contributed by atoms with E-state index in [1.165, 1.54) is 0 Å². The molecule has 33 heavy (non-hydrogen) atoms. The Bertz CT molecular complexity index is 1020. The van der Waals surface area contributed by atoms with Crippen LogP contribution < -0.4 is 14.8 Å². The fourth-order valence-electron chi connectivity index (χ4n) is 4.89. The normalized spacial score (nSPS) is 18.8. The zero-order valence-electron chi connectivity index (χ0n) is 19.6. The summed E-state index contributed by atoms with van der Waals surface area (Å²) in [7, 11) is 1.65. The molecule has 2 aromatic carbocycles. The predicted octanol–water partition coefficient (Wildman–Crippen LogP) is 3.47. The molecule has 0 spiro atoms. The molecule has 1 N–H and O–H groups in total. The Kier molecular flexibility index (Phi) is 7.18. The lowest BCUT2D eigenvalue weighted by Crippen LogP contribution is -2.50. The van der Waals surface area contributed by atoms with E-state index in [9.17, 15) is 9.59 Å². The van der Waals surface area contributed by atoms with Crippen molar-refractivity contribution in [3.8, 4) is 11.5 Å². The van der Waals surface area contributed by atoms with E-state index in [1.54, 1.807) is 7.11 Å². The second-order valence-electron chi connectivity index (χ2n) is 8.26. The summed E-state index contributed by atoms with van der Waals surface area (Å²) in [5, 5.41) is 3.07. The van der Waals surface area contributed by atoms with Gasteiger partial charge in [0.05, 0.1) is 25.2 Å². The van der Waals surface area contributed by atoms with E-state index in [4.69, 9.17) is 14.2 Å². The zero-order valence-corrected chi connectivity index (χ0v) is 19.6. The van der Waals surface area contributed by atoms with E-state index in [1.807, 2.05) is 55.1 Å². The van der Waals surface area contributed by atoms with Crippen LogP contribution >= 0.6 is 0 Å². The number of amides is 2. The summed E-state index contributed by atoms with van der Waals surface area (Å²) in [5.74, 6) is 0.727. The first kappa shape index (κ1) is 23.1. The van der Waals surface area contributed by atoms with Crippen LogP contribution in [0, 0.1) is 0 Å². The highest BCUT2D eigenvalue weighted by Crippen LogP contribution is 2.48. The molecule has 2 aromatic rings. The average molecular weight is 453 g/mol. The van der Waals surface area contributed by atoms with Gasteiger partial charge < -0.3 is 24.4 Å². The van der Waals surface area contributed by atoms with E-state index < -0.39 is 12.0 Å². The van der Waals surface area contributed by atoms with Crippen LogP contribution in [-0.4, -0.2) is 56.7 Å². The number of hydrogen-bond donors (Lipinski definition) is 1. The van der Waals surface area contributed by atoms with Crippen molar-refractivity contribution < 1.29 is 23.8 Å². The summed E-state index contributed by atoms with van der Waals surface area (Å²) in [6, 6.07) is 11.0. The van der Waals surface area contributed by atoms with Gasteiger partial charge in [-0.05, 0) is 61.6 Å². The van der Waals surface area contributed by atoms with Crippen LogP contribution in [0.2, 0.25) is 0 Å². The standard InChI is InChI=1S/C26H32N2O5/c1-4-32-21-15-17-11-13-28-24(20(17)16-22(21)33-5-2)23(25(29)27-12-8-14-31-3)18-9-6-7-10-19(18)26(28)30/h6-7,9-10,15-16,23-24H,4-5,8,11-14H2,1-3H3,(H,27,29). The Labute approximate surface area is 195 Å². The van der Waals surface area contributed by atoms with Gasteiger partial charge >= 0.3 is 0 Å². The monoisotopic (exact) mass is 452 g/mol. The minimum absolute atomic E-state index is 0.0310. The van der Waals surface area contributed by atoms with Gasteiger partial charge in [-0.25, -0.2) is 0 Å². The Balaban J connectivity index is 1.79. The lowest BCUT2D eigenvalue weighted by Gasteiger charge is -2.45. The topological polar surface area (TPSA) is 77.1 Å². The van der Waals surface area contributed by atoms with Crippen LogP contribution in [0.5, 0.6) is 11.5 Å². The molecule has 2 unspecified atom stereocenters. The molecule has 2 aliphatic heterocycles. The lowest BCUT2D eigenvalue weighted by atomic mass is 9.75. The highest BCUT2D eigenvalue weighted by molar-refractivity contribution is 6.01. The SMILES string of the molecule is CCOc1cc2c(cc1OCC)C1C(C(=O)NCCCOC)c3ccccc3C(=O)N1CC2. The van der Waals surface area contributed by atoms with Crippen LogP contribution in [-0.2, 0) is 16.0 Å². The molecule has 0 saturated carbocycles. The zero-order chi connectivity index (χ0) is 23.4. The van der Waals surface area contributed by atoms with Crippen molar-refractivity contribution in [1.29, 1.82) is 0 Å². The number of rotatable bonds is 9. The third-order valence-corrected chi connectivity index (χ3v) is 6.29. The summed E-state index contributed by atoms with van der Waals surface area (Å²) >= 11 is 0. The maximum atomic E-state index is 13.5. The van der Waals surface area contributed by atoms with Gasteiger partial charge in [0.25, 0.3) is 5.91 Å². The number of carbonyl (C=O) groups is 2. The van der Waals surface area contributed by atoms with Gasteiger partial charge in [-0.2, -0.15) is 0 Å². The van der Waals surface area contributed by atoms with Crippen molar-refractivity contribution in [2.24, 2.45) is 0 Å². The fourth-order valence-corrected chi connectivity index (χ4v) is 4.89. The molecule has 4 rings (SSSR count). The van der Waals surface area contributed by atoms with E-state index >= 15 is 0 Å². The first-order chi connectivity index (χ1) is 16.1. The molecule has 7 heteroatoms. The highest BCUT2D eigenvalue weighted by atomic mass is 16.5. The third-order valence-electron chi connectivity index (χ3n) is 6.29. The van der Waals surface area contributed by atoms with Crippen LogP contribution in [0.1, 0.15) is 59.3 Å². The Morgan fingerprint density at radius 1 is 1.09 bits per heavy atom. The van der Waals surface area contributed by atoms with Crippen LogP contribution in [0.4, 0.5) is 0 Å². The quantitative estimate of drug-likeness (QED) is 0.590. The van der Waals surface area contributed by atoms with Crippen molar-refractivity contribution in [3.05, 3.63) is 58.7 Å². The summed E-state index contributed by atoms with van der Waals surface area (Å²) in [6.45, 7) is 6.56. The van der Waals surface area contributed by atoms with Crippen LogP contribution in [0.25, 0.3) is 0 Å². The first-order valence-corrected chi connectivity index (χ1v) is 11.7. The van der Waals surface area contributed by atoms with Gasteiger partial charge in [0, 0.05) is 32.4 Å². The minimum Gasteiger partial charge on any atom is -0.490 e. The van der Waals surface area contributed by atoms with Crippen molar-refractivity contribution in [1.82, 2.24) is 10.2 Å². The summed E-state index contributed by atoms with van der Waals surface area (Å²) in [4.78, 5) is 28.8.